The molecule has 0 aliphatic rings. The van der Waals surface area contributed by atoms with Gasteiger partial charge in [-0.25, -0.2) is 9.59 Å². The van der Waals surface area contributed by atoms with Crippen LogP contribution in [0.2, 0.25) is 0 Å². The lowest BCUT2D eigenvalue weighted by Gasteiger charge is -2.10. The summed E-state index contributed by atoms with van der Waals surface area (Å²) in [7, 11) is 1.52. The summed E-state index contributed by atoms with van der Waals surface area (Å²) < 4.78 is 9.86. The van der Waals surface area contributed by atoms with Crippen molar-refractivity contribution in [2.75, 3.05) is 19.0 Å². The standard InChI is InChI=1S/C22H21N3O5/c1-14-4-9-19(15(2)10-14)24-22(28)25-20(26)13-30-21(27)17(12-23)11-16-5-7-18(29-3)8-6-16/h4-11H,13H2,1-3H3,(H2,24,25,26,28)/b17-11+. The number of amides is 3. The van der Waals surface area contributed by atoms with Crippen LogP contribution in [0.25, 0.3) is 6.08 Å². The minimum absolute atomic E-state index is 0.285. The largest absolute Gasteiger partial charge is 0.497 e. The van der Waals surface area contributed by atoms with E-state index in [0.717, 1.165) is 11.1 Å². The van der Waals surface area contributed by atoms with Crippen molar-refractivity contribution in [2.24, 2.45) is 0 Å². The Balaban J connectivity index is 1.89. The molecule has 2 aromatic carbocycles. The van der Waals surface area contributed by atoms with Gasteiger partial charge in [-0.15, -0.1) is 0 Å². The lowest BCUT2D eigenvalue weighted by molar-refractivity contribution is -0.144. The second kappa shape index (κ2) is 10.4. The molecular formula is C22H21N3O5. The van der Waals surface area contributed by atoms with Crippen LogP contribution >= 0.6 is 0 Å². The van der Waals surface area contributed by atoms with Gasteiger partial charge < -0.3 is 14.8 Å². The molecule has 0 aliphatic carbocycles. The SMILES string of the molecule is COc1ccc(/C=C(\C#N)C(=O)OCC(=O)NC(=O)Nc2ccc(C)cc2C)cc1. The molecule has 2 rings (SSSR count). The number of aryl methyl sites for hydroxylation is 2. The highest BCUT2D eigenvalue weighted by Gasteiger charge is 2.15. The average Bonchev–Trinajstić information content (AvgIpc) is 2.72. The maximum Gasteiger partial charge on any atom is 0.349 e. The number of hydrogen-bond donors (Lipinski definition) is 2. The van der Waals surface area contributed by atoms with Crippen LogP contribution in [0.15, 0.2) is 48.0 Å². The second-order valence-corrected chi connectivity index (χ2v) is 6.34. The number of rotatable bonds is 6. The van der Waals surface area contributed by atoms with Gasteiger partial charge in [-0.1, -0.05) is 29.8 Å². The van der Waals surface area contributed by atoms with E-state index in [0.29, 0.717) is 17.0 Å². The normalized spacial score (nSPS) is 10.5. The van der Waals surface area contributed by atoms with Gasteiger partial charge in [-0.3, -0.25) is 10.1 Å². The van der Waals surface area contributed by atoms with E-state index in [1.54, 1.807) is 36.4 Å². The number of carbonyl (C=O) groups is 3. The molecule has 0 spiro atoms. The Labute approximate surface area is 174 Å². The number of benzene rings is 2. The Kier molecular flexibility index (Phi) is 7.71. The Morgan fingerprint density at radius 1 is 1.10 bits per heavy atom. The molecule has 8 nitrogen and oxygen atoms in total. The fourth-order valence-electron chi connectivity index (χ4n) is 2.48. The monoisotopic (exact) mass is 407 g/mol. The number of imide groups is 1. The zero-order valence-electron chi connectivity index (χ0n) is 16.8. The van der Waals surface area contributed by atoms with Crippen LogP contribution in [0, 0.1) is 25.2 Å². The number of nitrogens with one attached hydrogen (secondary N) is 2. The molecule has 30 heavy (non-hydrogen) atoms. The van der Waals surface area contributed by atoms with E-state index in [2.05, 4.69) is 10.6 Å². The Morgan fingerprint density at radius 2 is 1.80 bits per heavy atom. The van der Waals surface area contributed by atoms with Crippen LogP contribution in [-0.4, -0.2) is 31.6 Å². The number of ether oxygens (including phenoxy) is 2. The topological polar surface area (TPSA) is 118 Å². The lowest BCUT2D eigenvalue weighted by atomic mass is 10.1. The third-order valence-electron chi connectivity index (χ3n) is 3.98. The third-order valence-corrected chi connectivity index (χ3v) is 3.98. The number of nitrogens with zero attached hydrogens (tertiary/aromatic N) is 1. The number of esters is 1. The van der Waals surface area contributed by atoms with Crippen LogP contribution < -0.4 is 15.4 Å². The van der Waals surface area contributed by atoms with E-state index in [1.807, 2.05) is 26.0 Å². The highest BCUT2D eigenvalue weighted by molar-refractivity contribution is 6.03. The fourth-order valence-corrected chi connectivity index (χ4v) is 2.48. The summed E-state index contributed by atoms with van der Waals surface area (Å²) in [6.45, 7) is 3.04. The van der Waals surface area contributed by atoms with E-state index < -0.39 is 24.5 Å². The molecule has 0 bridgehead atoms. The van der Waals surface area contributed by atoms with E-state index in [9.17, 15) is 19.6 Å². The van der Waals surface area contributed by atoms with Crippen LogP contribution in [0.5, 0.6) is 5.75 Å². The molecule has 3 amide bonds. The summed E-state index contributed by atoms with van der Waals surface area (Å²) in [5, 5.41) is 13.8. The minimum Gasteiger partial charge on any atom is -0.497 e. The summed E-state index contributed by atoms with van der Waals surface area (Å²) in [5.41, 5.74) is 2.73. The lowest BCUT2D eigenvalue weighted by Crippen LogP contribution is -2.37. The third kappa shape index (κ3) is 6.49. The number of carbonyl (C=O) groups excluding carboxylic acids is 3. The van der Waals surface area contributed by atoms with Crippen molar-refractivity contribution < 1.29 is 23.9 Å². The highest BCUT2D eigenvalue weighted by atomic mass is 16.5. The van der Waals surface area contributed by atoms with Gasteiger partial charge >= 0.3 is 12.0 Å². The Hall–Kier alpha value is -4.12. The molecule has 154 valence electrons. The number of hydrogen-bond acceptors (Lipinski definition) is 6. The maximum atomic E-state index is 12.0. The summed E-state index contributed by atoms with van der Waals surface area (Å²) in [5.74, 6) is -1.17. The first-order chi connectivity index (χ1) is 14.3. The smallest absolute Gasteiger partial charge is 0.349 e. The zero-order valence-corrected chi connectivity index (χ0v) is 16.8. The van der Waals surface area contributed by atoms with Gasteiger partial charge in [0.15, 0.2) is 6.61 Å². The fraction of sp³-hybridized carbons (Fsp3) is 0.182. The van der Waals surface area contributed by atoms with Crippen LogP contribution in [0.4, 0.5) is 10.5 Å². The van der Waals surface area contributed by atoms with E-state index in [1.165, 1.54) is 13.2 Å². The first kappa shape index (κ1) is 22.2. The van der Waals surface area contributed by atoms with Gasteiger partial charge in [0.05, 0.1) is 7.11 Å². The molecule has 0 saturated carbocycles. The first-order valence-corrected chi connectivity index (χ1v) is 8.93. The molecular weight excluding hydrogens is 386 g/mol. The molecule has 0 unspecified atom stereocenters. The summed E-state index contributed by atoms with van der Waals surface area (Å²) >= 11 is 0. The molecule has 0 heterocycles. The van der Waals surface area contributed by atoms with E-state index >= 15 is 0 Å². The molecule has 0 radical (unpaired) electrons. The number of urea groups is 1. The summed E-state index contributed by atoms with van der Waals surface area (Å²) in [4.78, 5) is 35.8. The molecule has 2 N–H and O–H groups in total. The Morgan fingerprint density at radius 3 is 2.40 bits per heavy atom. The van der Waals surface area contributed by atoms with Crippen molar-refractivity contribution in [3.63, 3.8) is 0 Å². The van der Waals surface area contributed by atoms with Gasteiger partial charge in [0.2, 0.25) is 0 Å². The molecule has 0 aliphatic heterocycles. The number of nitriles is 1. The van der Waals surface area contributed by atoms with Crippen molar-refractivity contribution in [3.8, 4) is 11.8 Å². The van der Waals surface area contributed by atoms with Gasteiger partial charge in [-0.05, 0) is 49.2 Å². The first-order valence-electron chi connectivity index (χ1n) is 8.93. The minimum atomic E-state index is -0.974. The van der Waals surface area contributed by atoms with Crippen molar-refractivity contribution in [3.05, 3.63) is 64.7 Å². The van der Waals surface area contributed by atoms with Crippen LogP contribution in [0.3, 0.4) is 0 Å². The number of anilines is 1. The predicted octanol–water partition coefficient (Wildman–Crippen LogP) is 3.11. The summed E-state index contributed by atoms with van der Waals surface area (Å²) in [6, 6.07) is 13.1. The molecule has 2 aromatic rings. The van der Waals surface area contributed by atoms with Gasteiger partial charge in [0, 0.05) is 5.69 Å². The zero-order chi connectivity index (χ0) is 22.1. The molecule has 0 aromatic heterocycles. The van der Waals surface area contributed by atoms with Crippen molar-refractivity contribution in [2.45, 2.75) is 13.8 Å². The molecule has 0 fully saturated rings. The van der Waals surface area contributed by atoms with Crippen molar-refractivity contribution in [1.29, 1.82) is 5.26 Å². The highest BCUT2D eigenvalue weighted by Crippen LogP contribution is 2.16. The summed E-state index contributed by atoms with van der Waals surface area (Å²) in [6.07, 6.45) is 1.33. The van der Waals surface area contributed by atoms with Gasteiger partial charge in [0.1, 0.15) is 17.4 Å². The van der Waals surface area contributed by atoms with Crippen LogP contribution in [-0.2, 0) is 14.3 Å². The molecule has 0 saturated heterocycles. The van der Waals surface area contributed by atoms with Gasteiger partial charge in [0.25, 0.3) is 5.91 Å². The quantitative estimate of drug-likeness (QED) is 0.432. The van der Waals surface area contributed by atoms with Crippen molar-refractivity contribution >= 4 is 29.7 Å². The van der Waals surface area contributed by atoms with Crippen molar-refractivity contribution in [1.82, 2.24) is 5.32 Å². The van der Waals surface area contributed by atoms with Crippen LogP contribution in [0.1, 0.15) is 16.7 Å². The van der Waals surface area contributed by atoms with Gasteiger partial charge in [-0.2, -0.15) is 5.26 Å². The maximum absolute atomic E-state index is 12.0. The Bertz CT molecular complexity index is 1020. The molecule has 8 heteroatoms. The van der Waals surface area contributed by atoms with E-state index in [4.69, 9.17) is 9.47 Å². The number of methoxy groups -OCH3 is 1. The molecule has 0 atom stereocenters. The average molecular weight is 407 g/mol. The second-order valence-electron chi connectivity index (χ2n) is 6.34. The predicted molar refractivity (Wildman–Crippen MR) is 111 cm³/mol. The van der Waals surface area contributed by atoms with E-state index in [-0.39, 0.29) is 5.57 Å².